The van der Waals surface area contributed by atoms with Gasteiger partial charge in [0.15, 0.2) is 0 Å². The highest BCUT2D eigenvalue weighted by molar-refractivity contribution is 5.83. The molecule has 3 nitrogen and oxygen atoms in total. The minimum atomic E-state index is -0.929. The van der Waals surface area contributed by atoms with Crippen LogP contribution in [0, 0.1) is 22.7 Å². The van der Waals surface area contributed by atoms with Gasteiger partial charge in [0.2, 0.25) is 5.91 Å². The van der Waals surface area contributed by atoms with Gasteiger partial charge in [-0.2, -0.15) is 5.26 Å². The maximum atomic E-state index is 10.8. The molecule has 0 spiro atoms. The van der Waals surface area contributed by atoms with E-state index in [0.717, 1.165) is 12.8 Å². The van der Waals surface area contributed by atoms with Crippen molar-refractivity contribution in [3.05, 3.63) is 0 Å². The Morgan fingerprint density at radius 1 is 1.82 bits per heavy atom. The monoisotopic (exact) mass is 152 g/mol. The summed E-state index contributed by atoms with van der Waals surface area (Å²) in [5.41, 5.74) is 4.17. The third kappa shape index (κ3) is 1.70. The number of rotatable bonds is 3. The molecule has 0 aromatic carbocycles. The van der Waals surface area contributed by atoms with Crippen molar-refractivity contribution in [3.63, 3.8) is 0 Å². The molecule has 0 aromatic heterocycles. The third-order valence-electron chi connectivity index (χ3n) is 2.18. The van der Waals surface area contributed by atoms with Crippen molar-refractivity contribution in [1.29, 1.82) is 5.26 Å². The number of carbonyl (C=O) groups is 1. The quantitative estimate of drug-likeness (QED) is 0.650. The molecule has 0 radical (unpaired) electrons. The highest BCUT2D eigenvalue weighted by Crippen LogP contribution is 2.39. The van der Waals surface area contributed by atoms with E-state index in [9.17, 15) is 4.79 Å². The maximum Gasteiger partial charge on any atom is 0.237 e. The number of hydrogen-bond acceptors (Lipinski definition) is 2. The molecule has 1 aliphatic carbocycles. The van der Waals surface area contributed by atoms with Crippen LogP contribution in [0.5, 0.6) is 0 Å². The van der Waals surface area contributed by atoms with Crippen LogP contribution in [0.2, 0.25) is 0 Å². The van der Waals surface area contributed by atoms with Crippen LogP contribution in [0.25, 0.3) is 0 Å². The van der Waals surface area contributed by atoms with E-state index < -0.39 is 11.3 Å². The van der Waals surface area contributed by atoms with Crippen LogP contribution in [0.4, 0.5) is 0 Å². The number of nitriles is 1. The number of carbonyl (C=O) groups excluding carboxylic acids is 1. The zero-order valence-corrected chi connectivity index (χ0v) is 6.63. The first-order chi connectivity index (χ1) is 5.08. The number of amides is 1. The van der Waals surface area contributed by atoms with Crippen LogP contribution in [0.15, 0.2) is 0 Å². The van der Waals surface area contributed by atoms with E-state index in [1.54, 1.807) is 6.92 Å². The summed E-state index contributed by atoms with van der Waals surface area (Å²) in [6.45, 7) is 1.62. The van der Waals surface area contributed by atoms with Gasteiger partial charge >= 0.3 is 0 Å². The van der Waals surface area contributed by atoms with E-state index >= 15 is 0 Å². The van der Waals surface area contributed by atoms with Crippen LogP contribution in [0.1, 0.15) is 26.2 Å². The van der Waals surface area contributed by atoms with Crippen molar-refractivity contribution in [2.45, 2.75) is 26.2 Å². The Balaban J connectivity index is 2.59. The molecular formula is C8H12N2O. The molecule has 0 bridgehead atoms. The van der Waals surface area contributed by atoms with E-state index in [-0.39, 0.29) is 0 Å². The standard InChI is InChI=1S/C8H12N2O/c1-8(5-9,7(10)11)4-6-2-3-6/h6H,2-4H2,1H3,(H2,10,11). The zero-order valence-electron chi connectivity index (χ0n) is 6.63. The summed E-state index contributed by atoms with van der Waals surface area (Å²) in [7, 11) is 0. The number of nitrogens with two attached hydrogens (primary N) is 1. The molecule has 0 aromatic rings. The molecule has 1 saturated carbocycles. The van der Waals surface area contributed by atoms with Gasteiger partial charge in [-0.1, -0.05) is 12.8 Å². The number of hydrogen-bond donors (Lipinski definition) is 1. The van der Waals surface area contributed by atoms with Gasteiger partial charge in [-0.3, -0.25) is 4.79 Å². The fraction of sp³-hybridized carbons (Fsp3) is 0.750. The fourth-order valence-electron chi connectivity index (χ4n) is 1.10. The molecule has 3 heteroatoms. The van der Waals surface area contributed by atoms with Gasteiger partial charge in [0, 0.05) is 0 Å². The summed E-state index contributed by atoms with van der Waals surface area (Å²) >= 11 is 0. The maximum absolute atomic E-state index is 10.8. The van der Waals surface area contributed by atoms with Crippen molar-refractivity contribution in [3.8, 4) is 6.07 Å². The van der Waals surface area contributed by atoms with E-state index in [0.29, 0.717) is 12.3 Å². The predicted octanol–water partition coefficient (Wildman–Crippen LogP) is 0.802. The minimum Gasteiger partial charge on any atom is -0.368 e. The number of nitrogens with zero attached hydrogens (tertiary/aromatic N) is 1. The molecular weight excluding hydrogens is 140 g/mol. The molecule has 1 amide bonds. The molecule has 1 aliphatic rings. The first kappa shape index (κ1) is 8.06. The predicted molar refractivity (Wildman–Crippen MR) is 40.3 cm³/mol. The Labute approximate surface area is 66.2 Å². The van der Waals surface area contributed by atoms with Gasteiger partial charge in [-0.25, -0.2) is 0 Å². The van der Waals surface area contributed by atoms with Gasteiger partial charge in [0.05, 0.1) is 6.07 Å². The zero-order chi connectivity index (χ0) is 8.48. The molecule has 1 unspecified atom stereocenters. The SMILES string of the molecule is CC(C#N)(CC1CC1)C(N)=O. The van der Waals surface area contributed by atoms with Crippen LogP contribution < -0.4 is 5.73 Å². The molecule has 11 heavy (non-hydrogen) atoms. The molecule has 0 saturated heterocycles. The molecule has 0 aliphatic heterocycles. The van der Waals surface area contributed by atoms with Gasteiger partial charge in [0.1, 0.15) is 5.41 Å². The molecule has 1 rings (SSSR count). The van der Waals surface area contributed by atoms with Crippen LogP contribution in [0.3, 0.4) is 0 Å². The normalized spacial score (nSPS) is 21.8. The van der Waals surface area contributed by atoms with Gasteiger partial charge in [0.25, 0.3) is 0 Å². The minimum absolute atomic E-state index is 0.494. The lowest BCUT2D eigenvalue weighted by atomic mass is 9.86. The summed E-state index contributed by atoms with van der Waals surface area (Å²) in [5.74, 6) is 0.0686. The summed E-state index contributed by atoms with van der Waals surface area (Å²) in [5, 5.41) is 8.68. The lowest BCUT2D eigenvalue weighted by molar-refractivity contribution is -0.124. The Morgan fingerprint density at radius 3 is 2.64 bits per heavy atom. The first-order valence-corrected chi connectivity index (χ1v) is 3.79. The second-order valence-electron chi connectivity index (χ2n) is 3.46. The summed E-state index contributed by atoms with van der Waals surface area (Å²) in [6, 6.07) is 1.97. The number of primary amides is 1. The Kier molecular flexibility index (Phi) is 1.86. The van der Waals surface area contributed by atoms with Gasteiger partial charge in [-0.05, 0) is 19.3 Å². The highest BCUT2D eigenvalue weighted by atomic mass is 16.1. The lowest BCUT2D eigenvalue weighted by Crippen LogP contribution is -2.33. The molecule has 0 heterocycles. The highest BCUT2D eigenvalue weighted by Gasteiger charge is 2.37. The Hall–Kier alpha value is -1.04. The molecule has 60 valence electrons. The van der Waals surface area contributed by atoms with Crippen LogP contribution in [-0.2, 0) is 4.79 Å². The summed E-state index contributed by atoms with van der Waals surface area (Å²) in [4.78, 5) is 10.8. The molecule has 2 N–H and O–H groups in total. The first-order valence-electron chi connectivity index (χ1n) is 3.79. The topological polar surface area (TPSA) is 66.9 Å². The Morgan fingerprint density at radius 2 is 2.36 bits per heavy atom. The van der Waals surface area contributed by atoms with Crippen molar-refractivity contribution < 1.29 is 4.79 Å². The van der Waals surface area contributed by atoms with Crippen LogP contribution in [-0.4, -0.2) is 5.91 Å². The average Bonchev–Trinajstić information content (AvgIpc) is 2.71. The van der Waals surface area contributed by atoms with Crippen molar-refractivity contribution in [1.82, 2.24) is 0 Å². The Bertz CT molecular complexity index is 215. The van der Waals surface area contributed by atoms with Gasteiger partial charge < -0.3 is 5.73 Å². The van der Waals surface area contributed by atoms with Gasteiger partial charge in [-0.15, -0.1) is 0 Å². The second-order valence-corrected chi connectivity index (χ2v) is 3.46. The molecule has 1 atom stereocenters. The van der Waals surface area contributed by atoms with Crippen molar-refractivity contribution in [2.24, 2.45) is 17.1 Å². The van der Waals surface area contributed by atoms with E-state index in [1.807, 2.05) is 6.07 Å². The van der Waals surface area contributed by atoms with Crippen molar-refractivity contribution >= 4 is 5.91 Å². The van der Waals surface area contributed by atoms with E-state index in [2.05, 4.69) is 0 Å². The smallest absolute Gasteiger partial charge is 0.237 e. The van der Waals surface area contributed by atoms with Crippen molar-refractivity contribution in [2.75, 3.05) is 0 Å². The molecule has 1 fully saturated rings. The lowest BCUT2D eigenvalue weighted by Gasteiger charge is -2.15. The summed E-state index contributed by atoms with van der Waals surface area (Å²) in [6.07, 6.45) is 2.92. The van der Waals surface area contributed by atoms with E-state index in [4.69, 9.17) is 11.0 Å². The average molecular weight is 152 g/mol. The second kappa shape index (κ2) is 2.54. The van der Waals surface area contributed by atoms with Crippen LogP contribution >= 0.6 is 0 Å². The summed E-state index contributed by atoms with van der Waals surface area (Å²) < 4.78 is 0. The largest absolute Gasteiger partial charge is 0.368 e. The third-order valence-corrected chi connectivity index (χ3v) is 2.18. The fourth-order valence-corrected chi connectivity index (χ4v) is 1.10. The van der Waals surface area contributed by atoms with E-state index in [1.165, 1.54) is 0 Å².